The fourth-order valence-electron chi connectivity index (χ4n) is 6.18. The smallest absolute Gasteiger partial charge is 0.329 e. The number of primary amides is 1. The largest absolute Gasteiger partial charge is 0.460 e. The van der Waals surface area contributed by atoms with Gasteiger partial charge in [0.15, 0.2) is 0 Å². The van der Waals surface area contributed by atoms with Crippen molar-refractivity contribution in [3.05, 3.63) is 12.7 Å². The van der Waals surface area contributed by atoms with E-state index >= 15 is 0 Å². The molecule has 0 radical (unpaired) electrons. The van der Waals surface area contributed by atoms with Crippen LogP contribution in [-0.4, -0.2) is 77.7 Å². The van der Waals surface area contributed by atoms with Crippen LogP contribution in [0.25, 0.3) is 0 Å². The second-order valence-corrected chi connectivity index (χ2v) is 15.8. The third-order valence-electron chi connectivity index (χ3n) is 8.92. The third kappa shape index (κ3) is 12.6. The van der Waals surface area contributed by atoms with Gasteiger partial charge in [-0.2, -0.15) is 0 Å². The number of esters is 1. The molecular weight excluding hydrogens is 602 g/mol. The number of rotatable bonds is 17. The van der Waals surface area contributed by atoms with Crippen molar-refractivity contribution in [3.8, 4) is 0 Å². The van der Waals surface area contributed by atoms with Crippen LogP contribution in [0.2, 0.25) is 0 Å². The number of amides is 5. The van der Waals surface area contributed by atoms with E-state index in [9.17, 15) is 28.8 Å². The van der Waals surface area contributed by atoms with Crippen molar-refractivity contribution in [1.82, 2.24) is 20.9 Å². The molecule has 1 saturated carbocycles. The molecule has 1 aliphatic carbocycles. The first-order valence-corrected chi connectivity index (χ1v) is 17.1. The van der Waals surface area contributed by atoms with E-state index in [1.54, 1.807) is 20.8 Å². The fourth-order valence-corrected chi connectivity index (χ4v) is 6.18. The van der Waals surface area contributed by atoms with Gasteiger partial charge in [-0.05, 0) is 47.8 Å². The number of urea groups is 1. The van der Waals surface area contributed by atoms with Crippen molar-refractivity contribution >= 4 is 35.5 Å². The van der Waals surface area contributed by atoms with E-state index in [4.69, 9.17) is 10.5 Å². The molecule has 5 atom stereocenters. The maximum absolute atomic E-state index is 14.3. The molecule has 1 heterocycles. The Labute approximate surface area is 280 Å². The molecular formula is C35H59N5O7. The zero-order valence-corrected chi connectivity index (χ0v) is 29.8. The highest BCUT2D eigenvalue weighted by Gasteiger charge is 2.48. The number of hydrogen-bond acceptors (Lipinski definition) is 7. The molecule has 12 heteroatoms. The number of unbranched alkanes of at least 4 members (excludes halogenated alkanes) is 1. The lowest BCUT2D eigenvalue weighted by atomic mass is 9.84. The van der Waals surface area contributed by atoms with Gasteiger partial charge < -0.3 is 31.3 Å². The standard InChI is InChI=1S/C35H59N5O7/c1-10-19-47-32(45)25(20-34(4,5)6)38-33(46)39-28(35(7,8)9)31(44)40-18-17-23(21(2)3)26(40)30(43)37-24(27(41)29(36)42)14-12-11-13-22-15-16-22/h10,21-26,28H,1,11-20H2,2-9H3,(H2,36,42)(H,37,43)(H2,38,39,46)/t23-,24?,25+,26+,28-/m1/s1. The second kappa shape index (κ2) is 17.1. The minimum Gasteiger partial charge on any atom is -0.460 e. The molecule has 1 unspecified atom stereocenters. The fraction of sp³-hybridized carbons (Fsp3) is 0.771. The van der Waals surface area contributed by atoms with Gasteiger partial charge in [0.25, 0.3) is 5.91 Å². The van der Waals surface area contributed by atoms with Gasteiger partial charge >= 0.3 is 12.0 Å². The van der Waals surface area contributed by atoms with Gasteiger partial charge in [-0.15, -0.1) is 0 Å². The number of Topliss-reactive ketones (excluding diaryl/α,β-unsaturated/α-hetero) is 1. The molecule has 5 N–H and O–H groups in total. The summed E-state index contributed by atoms with van der Waals surface area (Å²) in [6, 6.07) is -4.75. The van der Waals surface area contributed by atoms with Gasteiger partial charge in [-0.1, -0.05) is 100 Å². The lowest BCUT2D eigenvalue weighted by Gasteiger charge is -2.37. The highest BCUT2D eigenvalue weighted by molar-refractivity contribution is 6.37. The normalized spacial score (nSPS) is 20.1. The van der Waals surface area contributed by atoms with E-state index < -0.39 is 65.1 Å². The minimum atomic E-state index is -1.11. The highest BCUT2D eigenvalue weighted by atomic mass is 16.5. The van der Waals surface area contributed by atoms with Crippen LogP contribution in [0.3, 0.4) is 0 Å². The maximum atomic E-state index is 14.3. The number of nitrogens with two attached hydrogens (primary N) is 1. The van der Waals surface area contributed by atoms with Gasteiger partial charge in [-0.3, -0.25) is 19.2 Å². The number of carbonyl (C=O) groups is 6. The van der Waals surface area contributed by atoms with Crippen LogP contribution in [0.5, 0.6) is 0 Å². The summed E-state index contributed by atoms with van der Waals surface area (Å²) in [5.41, 5.74) is 4.24. The quantitative estimate of drug-likeness (QED) is 0.0796. The summed E-state index contributed by atoms with van der Waals surface area (Å²) >= 11 is 0. The molecule has 1 saturated heterocycles. The summed E-state index contributed by atoms with van der Waals surface area (Å²) in [4.78, 5) is 80.4. The molecule has 5 amide bonds. The van der Waals surface area contributed by atoms with E-state index in [1.807, 2.05) is 34.6 Å². The summed E-state index contributed by atoms with van der Waals surface area (Å²) in [5, 5.41) is 8.22. The second-order valence-electron chi connectivity index (χ2n) is 15.8. The molecule has 0 spiro atoms. The molecule has 0 bridgehead atoms. The van der Waals surface area contributed by atoms with Gasteiger partial charge in [0.1, 0.15) is 24.7 Å². The molecule has 1 aliphatic heterocycles. The van der Waals surface area contributed by atoms with Crippen LogP contribution in [0.4, 0.5) is 4.79 Å². The third-order valence-corrected chi connectivity index (χ3v) is 8.92. The van der Waals surface area contributed by atoms with Crippen molar-refractivity contribution in [1.29, 1.82) is 0 Å². The van der Waals surface area contributed by atoms with Crippen molar-refractivity contribution in [3.63, 3.8) is 0 Å². The Morgan fingerprint density at radius 1 is 0.936 bits per heavy atom. The number of nitrogens with zero attached hydrogens (tertiary/aromatic N) is 1. The highest BCUT2D eigenvalue weighted by Crippen LogP contribution is 2.35. The molecule has 47 heavy (non-hydrogen) atoms. The molecule has 2 fully saturated rings. The van der Waals surface area contributed by atoms with Crippen LogP contribution in [0, 0.1) is 28.6 Å². The van der Waals surface area contributed by atoms with E-state index in [2.05, 4.69) is 22.5 Å². The van der Waals surface area contributed by atoms with Gasteiger partial charge in [-0.25, -0.2) is 9.59 Å². The van der Waals surface area contributed by atoms with Crippen LogP contribution >= 0.6 is 0 Å². The predicted octanol–water partition coefficient (Wildman–Crippen LogP) is 3.62. The first-order chi connectivity index (χ1) is 21.8. The monoisotopic (exact) mass is 661 g/mol. The average Bonchev–Trinajstić information content (AvgIpc) is 3.67. The molecule has 2 rings (SSSR count). The number of ketones is 1. The molecule has 0 aromatic carbocycles. The van der Waals surface area contributed by atoms with E-state index in [-0.39, 0.29) is 36.8 Å². The number of likely N-dealkylation sites (tertiary alicyclic amines) is 1. The van der Waals surface area contributed by atoms with Crippen LogP contribution in [0.15, 0.2) is 12.7 Å². The Morgan fingerprint density at radius 3 is 2.09 bits per heavy atom. The zero-order chi connectivity index (χ0) is 35.7. The number of carbonyl (C=O) groups excluding carboxylic acids is 6. The van der Waals surface area contributed by atoms with Crippen molar-refractivity contribution < 1.29 is 33.5 Å². The van der Waals surface area contributed by atoms with Gasteiger partial charge in [0.2, 0.25) is 17.6 Å². The molecule has 12 nitrogen and oxygen atoms in total. The number of ether oxygens (including phenoxy) is 1. The van der Waals surface area contributed by atoms with Gasteiger partial charge in [0, 0.05) is 6.54 Å². The summed E-state index contributed by atoms with van der Waals surface area (Å²) in [7, 11) is 0. The Morgan fingerprint density at radius 2 is 1.57 bits per heavy atom. The Hall–Kier alpha value is -3.44. The van der Waals surface area contributed by atoms with Crippen molar-refractivity contribution in [2.75, 3.05) is 13.2 Å². The number of nitrogens with one attached hydrogen (secondary N) is 3. The SMILES string of the molecule is C=CCOC(=O)[C@H](CC(C)(C)C)NC(=O)N[C@H](C(=O)N1CC[C@H](C(C)C)[C@H]1C(=O)NC(CCCCC1CC1)C(=O)C(N)=O)C(C)(C)C. The zero-order valence-electron chi connectivity index (χ0n) is 29.8. The van der Waals surface area contributed by atoms with E-state index in [0.717, 1.165) is 18.8 Å². The van der Waals surface area contributed by atoms with Gasteiger partial charge in [0.05, 0.1) is 6.04 Å². The Balaban J connectivity index is 2.28. The Kier molecular flexibility index (Phi) is 14.5. The topological polar surface area (TPSA) is 177 Å². The first kappa shape index (κ1) is 39.7. The predicted molar refractivity (Wildman–Crippen MR) is 180 cm³/mol. The lowest BCUT2D eigenvalue weighted by molar-refractivity contribution is -0.145. The van der Waals surface area contributed by atoms with Crippen LogP contribution in [0.1, 0.15) is 107 Å². The van der Waals surface area contributed by atoms with E-state index in [1.165, 1.54) is 23.8 Å². The molecule has 0 aromatic heterocycles. The summed E-state index contributed by atoms with van der Waals surface area (Å²) in [6.45, 7) is 19.0. The first-order valence-electron chi connectivity index (χ1n) is 17.1. The minimum absolute atomic E-state index is 0.00628. The maximum Gasteiger partial charge on any atom is 0.329 e. The van der Waals surface area contributed by atoms with E-state index in [0.29, 0.717) is 19.3 Å². The average molecular weight is 662 g/mol. The summed E-state index contributed by atoms with van der Waals surface area (Å²) in [6.07, 6.45) is 7.58. The number of hydrogen-bond donors (Lipinski definition) is 4. The van der Waals surface area contributed by atoms with Crippen molar-refractivity contribution in [2.45, 2.75) is 131 Å². The Bertz CT molecular complexity index is 1150. The molecule has 0 aromatic rings. The van der Waals surface area contributed by atoms with Crippen LogP contribution in [-0.2, 0) is 28.7 Å². The summed E-state index contributed by atoms with van der Waals surface area (Å²) in [5.74, 6) is -3.04. The summed E-state index contributed by atoms with van der Waals surface area (Å²) < 4.78 is 5.21. The molecule has 2 aliphatic rings. The molecule has 266 valence electrons. The lowest BCUT2D eigenvalue weighted by Crippen LogP contribution is -2.61. The van der Waals surface area contributed by atoms with Crippen molar-refractivity contribution in [2.24, 2.45) is 34.3 Å². The van der Waals surface area contributed by atoms with Crippen LogP contribution < -0.4 is 21.7 Å².